The lowest BCUT2D eigenvalue weighted by Gasteiger charge is -2.12. The molecule has 0 aliphatic rings. The summed E-state index contributed by atoms with van der Waals surface area (Å²) in [6, 6.07) is 0.282. The van der Waals surface area contributed by atoms with Crippen LogP contribution in [0.3, 0.4) is 0 Å². The predicted molar refractivity (Wildman–Crippen MR) is 65.0 cm³/mol. The van der Waals surface area contributed by atoms with E-state index >= 15 is 0 Å². The van der Waals surface area contributed by atoms with Crippen molar-refractivity contribution in [3.63, 3.8) is 0 Å². The van der Waals surface area contributed by atoms with Crippen molar-refractivity contribution in [1.82, 2.24) is 20.1 Å². The molecule has 0 bridgehead atoms. The van der Waals surface area contributed by atoms with Crippen molar-refractivity contribution in [2.24, 2.45) is 7.05 Å². The average molecular weight is 228 g/mol. The predicted octanol–water partition coefficient (Wildman–Crippen LogP) is 1.61. The summed E-state index contributed by atoms with van der Waals surface area (Å²) >= 11 is 1.99. The highest BCUT2D eigenvalue weighted by Gasteiger charge is 2.09. The number of nitrogens with one attached hydrogen (secondary N) is 1. The van der Waals surface area contributed by atoms with Gasteiger partial charge in [-0.1, -0.05) is 6.92 Å². The number of hydrogen-bond acceptors (Lipinski definition) is 4. The third-order valence-electron chi connectivity index (χ3n) is 2.25. The molecular formula is C10H20N4S. The Hall–Kier alpha value is -0.550. The molecule has 1 heterocycles. The summed E-state index contributed by atoms with van der Waals surface area (Å²) in [6.07, 6.45) is 2.95. The van der Waals surface area contributed by atoms with Crippen LogP contribution in [0.25, 0.3) is 0 Å². The average Bonchev–Trinajstić information content (AvgIpc) is 2.64. The molecule has 5 heteroatoms. The van der Waals surface area contributed by atoms with Crippen LogP contribution in [0.2, 0.25) is 0 Å². The monoisotopic (exact) mass is 228 g/mol. The maximum Gasteiger partial charge on any atom is 0.149 e. The standard InChI is InChI=1S/C10H20N4S/c1-4-15-7-5-6-11-9(2)10-13-12-8-14(10)3/h8-9,11H,4-7H2,1-3H3. The molecule has 0 saturated heterocycles. The zero-order chi connectivity index (χ0) is 11.1. The summed E-state index contributed by atoms with van der Waals surface area (Å²) in [4.78, 5) is 0. The van der Waals surface area contributed by atoms with Gasteiger partial charge in [0.15, 0.2) is 0 Å². The van der Waals surface area contributed by atoms with Crippen LogP contribution in [0, 0.1) is 0 Å². The van der Waals surface area contributed by atoms with Crippen molar-refractivity contribution < 1.29 is 0 Å². The molecule has 1 unspecified atom stereocenters. The van der Waals surface area contributed by atoms with Gasteiger partial charge in [-0.3, -0.25) is 0 Å². The third-order valence-corrected chi connectivity index (χ3v) is 3.24. The fourth-order valence-corrected chi connectivity index (χ4v) is 2.05. The summed E-state index contributed by atoms with van der Waals surface area (Å²) < 4.78 is 1.96. The first-order valence-electron chi connectivity index (χ1n) is 5.40. The van der Waals surface area contributed by atoms with Crippen LogP contribution in [0.5, 0.6) is 0 Å². The molecule has 0 aromatic carbocycles. The third kappa shape index (κ3) is 4.22. The van der Waals surface area contributed by atoms with Gasteiger partial charge in [-0.05, 0) is 31.4 Å². The van der Waals surface area contributed by atoms with E-state index in [0.717, 1.165) is 12.4 Å². The summed E-state index contributed by atoms with van der Waals surface area (Å²) in [6.45, 7) is 5.36. The van der Waals surface area contributed by atoms with E-state index in [4.69, 9.17) is 0 Å². The molecule has 0 spiro atoms. The highest BCUT2D eigenvalue weighted by atomic mass is 32.2. The van der Waals surface area contributed by atoms with Crippen molar-refractivity contribution in [1.29, 1.82) is 0 Å². The van der Waals surface area contributed by atoms with Crippen molar-refractivity contribution in [3.05, 3.63) is 12.2 Å². The van der Waals surface area contributed by atoms with Crippen LogP contribution in [-0.2, 0) is 7.05 Å². The maximum atomic E-state index is 4.08. The van der Waals surface area contributed by atoms with Crippen molar-refractivity contribution in [2.75, 3.05) is 18.1 Å². The van der Waals surface area contributed by atoms with Crippen LogP contribution < -0.4 is 5.32 Å². The quantitative estimate of drug-likeness (QED) is 0.720. The summed E-state index contributed by atoms with van der Waals surface area (Å²) in [5.41, 5.74) is 0. The van der Waals surface area contributed by atoms with Crippen LogP contribution in [0.1, 0.15) is 32.1 Å². The second-order valence-corrected chi connectivity index (χ2v) is 4.92. The van der Waals surface area contributed by atoms with E-state index in [9.17, 15) is 0 Å². The van der Waals surface area contributed by atoms with Gasteiger partial charge in [-0.25, -0.2) is 0 Å². The molecule has 1 aromatic heterocycles. The molecule has 1 aromatic rings. The Bertz CT molecular complexity index is 274. The lowest BCUT2D eigenvalue weighted by atomic mass is 10.3. The Morgan fingerprint density at radius 3 is 3.00 bits per heavy atom. The molecule has 4 nitrogen and oxygen atoms in total. The second-order valence-electron chi connectivity index (χ2n) is 3.53. The fourth-order valence-electron chi connectivity index (χ4n) is 1.41. The minimum Gasteiger partial charge on any atom is -0.319 e. The van der Waals surface area contributed by atoms with Gasteiger partial charge >= 0.3 is 0 Å². The van der Waals surface area contributed by atoms with Crippen LogP contribution in [0.15, 0.2) is 6.33 Å². The maximum absolute atomic E-state index is 4.08. The fraction of sp³-hybridized carbons (Fsp3) is 0.800. The van der Waals surface area contributed by atoms with Crippen LogP contribution in [0.4, 0.5) is 0 Å². The normalized spacial score (nSPS) is 13.0. The van der Waals surface area contributed by atoms with Gasteiger partial charge in [0.1, 0.15) is 12.2 Å². The van der Waals surface area contributed by atoms with E-state index in [1.807, 2.05) is 23.4 Å². The van der Waals surface area contributed by atoms with Crippen LogP contribution in [-0.4, -0.2) is 32.8 Å². The number of rotatable bonds is 7. The van der Waals surface area contributed by atoms with Gasteiger partial charge in [-0.15, -0.1) is 10.2 Å². The van der Waals surface area contributed by atoms with E-state index in [1.165, 1.54) is 17.9 Å². The summed E-state index contributed by atoms with van der Waals surface area (Å²) in [5, 5.41) is 11.4. The number of aryl methyl sites for hydroxylation is 1. The summed E-state index contributed by atoms with van der Waals surface area (Å²) in [7, 11) is 1.97. The zero-order valence-corrected chi connectivity index (χ0v) is 10.5. The first kappa shape index (κ1) is 12.5. The van der Waals surface area contributed by atoms with E-state index in [2.05, 4.69) is 29.4 Å². The highest BCUT2D eigenvalue weighted by Crippen LogP contribution is 2.07. The van der Waals surface area contributed by atoms with Crippen LogP contribution >= 0.6 is 11.8 Å². The minimum atomic E-state index is 0.282. The van der Waals surface area contributed by atoms with E-state index < -0.39 is 0 Å². The first-order valence-corrected chi connectivity index (χ1v) is 6.56. The first-order chi connectivity index (χ1) is 7.25. The van der Waals surface area contributed by atoms with Gasteiger partial charge in [0.25, 0.3) is 0 Å². The lowest BCUT2D eigenvalue weighted by molar-refractivity contribution is 0.528. The Morgan fingerprint density at radius 2 is 2.40 bits per heavy atom. The van der Waals surface area contributed by atoms with Crippen molar-refractivity contribution in [2.45, 2.75) is 26.3 Å². The van der Waals surface area contributed by atoms with E-state index in [-0.39, 0.29) is 6.04 Å². The largest absolute Gasteiger partial charge is 0.319 e. The zero-order valence-electron chi connectivity index (χ0n) is 9.73. The topological polar surface area (TPSA) is 42.7 Å². The molecule has 1 rings (SSSR count). The van der Waals surface area contributed by atoms with Gasteiger partial charge < -0.3 is 9.88 Å². The Morgan fingerprint density at radius 1 is 1.60 bits per heavy atom. The smallest absolute Gasteiger partial charge is 0.149 e. The van der Waals surface area contributed by atoms with Crippen molar-refractivity contribution in [3.8, 4) is 0 Å². The van der Waals surface area contributed by atoms with Gasteiger partial charge in [0.2, 0.25) is 0 Å². The van der Waals surface area contributed by atoms with Gasteiger partial charge in [-0.2, -0.15) is 11.8 Å². The molecule has 0 saturated carbocycles. The molecule has 0 radical (unpaired) electrons. The molecule has 86 valence electrons. The Kier molecular flexibility index (Phi) is 5.71. The van der Waals surface area contributed by atoms with E-state index in [0.29, 0.717) is 0 Å². The van der Waals surface area contributed by atoms with E-state index in [1.54, 1.807) is 6.33 Å². The number of nitrogens with zero attached hydrogens (tertiary/aromatic N) is 3. The number of thioether (sulfide) groups is 1. The number of aromatic nitrogens is 3. The molecule has 0 amide bonds. The Labute approximate surface area is 95.9 Å². The molecule has 1 N–H and O–H groups in total. The molecule has 0 aliphatic carbocycles. The lowest BCUT2D eigenvalue weighted by Crippen LogP contribution is -2.22. The SMILES string of the molecule is CCSCCCNC(C)c1nncn1C. The van der Waals surface area contributed by atoms with Gasteiger partial charge in [0, 0.05) is 7.05 Å². The summed E-state index contributed by atoms with van der Waals surface area (Å²) in [5.74, 6) is 3.44. The molecule has 0 aliphatic heterocycles. The molecule has 0 fully saturated rings. The highest BCUT2D eigenvalue weighted by molar-refractivity contribution is 7.99. The molecule has 15 heavy (non-hydrogen) atoms. The minimum absolute atomic E-state index is 0.282. The Balaban J connectivity index is 2.19. The number of hydrogen-bond donors (Lipinski definition) is 1. The molecule has 1 atom stereocenters. The molecular weight excluding hydrogens is 208 g/mol. The second kappa shape index (κ2) is 6.85. The van der Waals surface area contributed by atoms with Crippen molar-refractivity contribution >= 4 is 11.8 Å². The van der Waals surface area contributed by atoms with Gasteiger partial charge in [0.05, 0.1) is 6.04 Å².